The van der Waals surface area contributed by atoms with Crippen LogP contribution < -0.4 is 5.32 Å². The molecule has 0 bridgehead atoms. The summed E-state index contributed by atoms with van der Waals surface area (Å²) in [5.74, 6) is -0.137. The Morgan fingerprint density at radius 1 is 1.75 bits per heavy atom. The van der Waals surface area contributed by atoms with Crippen molar-refractivity contribution in [2.75, 3.05) is 6.61 Å². The molecule has 1 heterocycles. The molecule has 1 N–H and O–H groups in total. The molecule has 0 amide bonds. The van der Waals surface area contributed by atoms with Crippen molar-refractivity contribution < 1.29 is 9.53 Å². The molecule has 1 unspecified atom stereocenters. The molecule has 12 heavy (non-hydrogen) atoms. The number of ether oxygens (including phenoxy) is 1. The Hall–Kier alpha value is -0.830. The molecule has 68 valence electrons. The third-order valence-electron chi connectivity index (χ3n) is 2.04. The highest BCUT2D eigenvalue weighted by atomic mass is 16.5. The van der Waals surface area contributed by atoms with Gasteiger partial charge in [-0.2, -0.15) is 0 Å². The second-order valence-electron chi connectivity index (χ2n) is 2.89. The molecule has 1 saturated heterocycles. The second-order valence-corrected chi connectivity index (χ2v) is 2.89. The van der Waals surface area contributed by atoms with E-state index in [1.165, 1.54) is 0 Å². The second kappa shape index (κ2) is 4.26. The lowest BCUT2D eigenvalue weighted by atomic mass is 10.2. The number of rotatable bonds is 3. The first-order valence-electron chi connectivity index (χ1n) is 4.33. The SMILES string of the molecule is C=CC1CC[C@@H](C(=O)OCC)N1. The highest BCUT2D eigenvalue weighted by molar-refractivity contribution is 5.76. The van der Waals surface area contributed by atoms with Crippen LogP contribution in [0.5, 0.6) is 0 Å². The van der Waals surface area contributed by atoms with Crippen molar-refractivity contribution in [1.29, 1.82) is 0 Å². The van der Waals surface area contributed by atoms with E-state index in [9.17, 15) is 4.79 Å². The zero-order chi connectivity index (χ0) is 8.97. The van der Waals surface area contributed by atoms with Crippen LogP contribution in [0.15, 0.2) is 12.7 Å². The molecule has 1 aliphatic heterocycles. The summed E-state index contributed by atoms with van der Waals surface area (Å²) >= 11 is 0. The highest BCUT2D eigenvalue weighted by Crippen LogP contribution is 2.13. The van der Waals surface area contributed by atoms with Gasteiger partial charge in [0, 0.05) is 6.04 Å². The van der Waals surface area contributed by atoms with Gasteiger partial charge in [0.1, 0.15) is 6.04 Å². The van der Waals surface area contributed by atoms with E-state index in [0.29, 0.717) is 6.61 Å². The van der Waals surface area contributed by atoms with Crippen LogP contribution in [0.2, 0.25) is 0 Å². The fourth-order valence-electron chi connectivity index (χ4n) is 1.39. The zero-order valence-electron chi connectivity index (χ0n) is 7.38. The summed E-state index contributed by atoms with van der Waals surface area (Å²) in [4.78, 5) is 11.2. The van der Waals surface area contributed by atoms with Crippen LogP contribution >= 0.6 is 0 Å². The monoisotopic (exact) mass is 169 g/mol. The third kappa shape index (κ3) is 2.08. The molecule has 3 nitrogen and oxygen atoms in total. The minimum atomic E-state index is -0.137. The van der Waals surface area contributed by atoms with E-state index >= 15 is 0 Å². The van der Waals surface area contributed by atoms with E-state index in [2.05, 4.69) is 11.9 Å². The van der Waals surface area contributed by atoms with Crippen molar-refractivity contribution in [3.05, 3.63) is 12.7 Å². The smallest absolute Gasteiger partial charge is 0.323 e. The van der Waals surface area contributed by atoms with Crippen molar-refractivity contribution in [2.45, 2.75) is 31.8 Å². The van der Waals surface area contributed by atoms with Crippen LogP contribution in [0, 0.1) is 0 Å². The first-order chi connectivity index (χ1) is 5.77. The van der Waals surface area contributed by atoms with Crippen molar-refractivity contribution >= 4 is 5.97 Å². The van der Waals surface area contributed by atoms with Crippen molar-refractivity contribution in [3.8, 4) is 0 Å². The lowest BCUT2D eigenvalue weighted by molar-refractivity contribution is -0.145. The van der Waals surface area contributed by atoms with Crippen molar-refractivity contribution in [2.24, 2.45) is 0 Å². The summed E-state index contributed by atoms with van der Waals surface area (Å²) in [7, 11) is 0. The number of hydrogen-bond donors (Lipinski definition) is 1. The van der Waals surface area contributed by atoms with Crippen molar-refractivity contribution in [3.63, 3.8) is 0 Å². The van der Waals surface area contributed by atoms with Crippen LogP contribution in [0.1, 0.15) is 19.8 Å². The molecule has 1 rings (SSSR count). The Kier molecular flexibility index (Phi) is 3.29. The summed E-state index contributed by atoms with van der Waals surface area (Å²) in [6.07, 6.45) is 3.67. The summed E-state index contributed by atoms with van der Waals surface area (Å²) < 4.78 is 4.88. The van der Waals surface area contributed by atoms with E-state index in [-0.39, 0.29) is 18.1 Å². The molecule has 0 aromatic carbocycles. The third-order valence-corrected chi connectivity index (χ3v) is 2.04. The zero-order valence-corrected chi connectivity index (χ0v) is 7.38. The summed E-state index contributed by atoms with van der Waals surface area (Å²) in [6, 6.07) is 0.160. The highest BCUT2D eigenvalue weighted by Gasteiger charge is 2.27. The van der Waals surface area contributed by atoms with E-state index in [1.807, 2.05) is 13.0 Å². The van der Waals surface area contributed by atoms with Crippen LogP contribution in [0.25, 0.3) is 0 Å². The van der Waals surface area contributed by atoms with E-state index < -0.39 is 0 Å². The van der Waals surface area contributed by atoms with Crippen LogP contribution in [-0.2, 0) is 9.53 Å². The minimum Gasteiger partial charge on any atom is -0.465 e. The number of esters is 1. The van der Waals surface area contributed by atoms with E-state index in [0.717, 1.165) is 12.8 Å². The Morgan fingerprint density at radius 2 is 2.50 bits per heavy atom. The molecular weight excluding hydrogens is 154 g/mol. The lowest BCUT2D eigenvalue weighted by Crippen LogP contribution is -2.35. The quantitative estimate of drug-likeness (QED) is 0.503. The molecule has 3 heteroatoms. The molecular formula is C9H15NO2. The van der Waals surface area contributed by atoms with Gasteiger partial charge >= 0.3 is 5.97 Å². The maximum atomic E-state index is 11.2. The molecule has 1 aliphatic rings. The molecule has 0 aromatic heterocycles. The van der Waals surface area contributed by atoms with Gasteiger partial charge in [-0.25, -0.2) is 0 Å². The normalized spacial score (nSPS) is 28.4. The molecule has 2 atom stereocenters. The van der Waals surface area contributed by atoms with Crippen LogP contribution in [-0.4, -0.2) is 24.7 Å². The van der Waals surface area contributed by atoms with Gasteiger partial charge in [0.2, 0.25) is 0 Å². The fraction of sp³-hybridized carbons (Fsp3) is 0.667. The molecule has 0 saturated carbocycles. The van der Waals surface area contributed by atoms with Gasteiger partial charge in [0.05, 0.1) is 6.61 Å². The first kappa shape index (κ1) is 9.26. The Labute approximate surface area is 72.8 Å². The van der Waals surface area contributed by atoms with Crippen molar-refractivity contribution in [1.82, 2.24) is 5.32 Å². The Bertz CT molecular complexity index is 179. The van der Waals surface area contributed by atoms with Crippen LogP contribution in [0.4, 0.5) is 0 Å². The largest absolute Gasteiger partial charge is 0.465 e. The number of carbonyl (C=O) groups excluding carboxylic acids is 1. The topological polar surface area (TPSA) is 38.3 Å². The van der Waals surface area contributed by atoms with E-state index in [1.54, 1.807) is 0 Å². The first-order valence-corrected chi connectivity index (χ1v) is 4.33. The maximum Gasteiger partial charge on any atom is 0.323 e. The molecule has 1 fully saturated rings. The van der Waals surface area contributed by atoms with E-state index in [4.69, 9.17) is 4.74 Å². The van der Waals surface area contributed by atoms with Gasteiger partial charge in [0.25, 0.3) is 0 Å². The summed E-state index contributed by atoms with van der Waals surface area (Å²) in [5.41, 5.74) is 0. The van der Waals surface area contributed by atoms with Gasteiger partial charge in [-0.05, 0) is 19.8 Å². The van der Waals surface area contributed by atoms with Gasteiger partial charge in [-0.3, -0.25) is 10.1 Å². The van der Waals surface area contributed by atoms with Crippen LogP contribution in [0.3, 0.4) is 0 Å². The fourth-order valence-corrected chi connectivity index (χ4v) is 1.39. The molecule has 0 radical (unpaired) electrons. The Balaban J connectivity index is 2.35. The van der Waals surface area contributed by atoms with Gasteiger partial charge in [-0.1, -0.05) is 6.08 Å². The molecule has 0 aromatic rings. The van der Waals surface area contributed by atoms with Gasteiger partial charge < -0.3 is 4.74 Å². The van der Waals surface area contributed by atoms with Gasteiger partial charge in [-0.15, -0.1) is 6.58 Å². The maximum absolute atomic E-state index is 11.2. The van der Waals surface area contributed by atoms with Gasteiger partial charge in [0.15, 0.2) is 0 Å². The average Bonchev–Trinajstić information content (AvgIpc) is 2.52. The Morgan fingerprint density at radius 3 is 3.00 bits per heavy atom. The lowest BCUT2D eigenvalue weighted by Gasteiger charge is -2.09. The predicted molar refractivity (Wildman–Crippen MR) is 46.8 cm³/mol. The summed E-state index contributed by atoms with van der Waals surface area (Å²) in [6.45, 7) is 5.94. The molecule has 0 aliphatic carbocycles. The minimum absolute atomic E-state index is 0.118. The number of nitrogens with one attached hydrogen (secondary N) is 1. The summed E-state index contributed by atoms with van der Waals surface area (Å²) in [5, 5.41) is 3.13. The number of hydrogen-bond acceptors (Lipinski definition) is 3. The average molecular weight is 169 g/mol. The number of carbonyl (C=O) groups is 1. The standard InChI is InChI=1S/C9H15NO2/c1-3-7-5-6-8(10-7)9(11)12-4-2/h3,7-8,10H,1,4-6H2,2H3/t7?,8-/m0/s1. The molecule has 0 spiro atoms. The predicted octanol–water partition coefficient (Wildman–Crippen LogP) is 0.856.